The number of thiophene rings is 1. The standard InChI is InChI=1S/C21H17BrN2OS/c1-13-4-6-14(7-5-13)21-24-18(12-17(23-24)20-3-2-10-26-20)16-11-15(22)8-9-19(16)25-21/h2-11,18,21H,12H2,1H3/t18-,21-/m0/s1. The lowest BCUT2D eigenvalue weighted by atomic mass is 9.97. The van der Waals surface area contributed by atoms with Crippen molar-refractivity contribution >= 4 is 33.0 Å². The predicted molar refractivity (Wildman–Crippen MR) is 109 cm³/mol. The highest BCUT2D eigenvalue weighted by Gasteiger charge is 2.41. The van der Waals surface area contributed by atoms with Crippen LogP contribution in [-0.2, 0) is 0 Å². The second kappa shape index (κ2) is 6.25. The summed E-state index contributed by atoms with van der Waals surface area (Å²) >= 11 is 5.34. The van der Waals surface area contributed by atoms with Crippen LogP contribution in [0.5, 0.6) is 5.75 Å². The monoisotopic (exact) mass is 424 g/mol. The molecule has 1 aromatic heterocycles. The van der Waals surface area contributed by atoms with Crippen LogP contribution in [0.15, 0.2) is 69.6 Å². The van der Waals surface area contributed by atoms with Crippen molar-refractivity contribution in [2.45, 2.75) is 25.6 Å². The van der Waals surface area contributed by atoms with Gasteiger partial charge in [0.1, 0.15) is 5.75 Å². The number of aryl methyl sites for hydroxylation is 1. The van der Waals surface area contributed by atoms with Gasteiger partial charge in [-0.15, -0.1) is 11.3 Å². The Balaban J connectivity index is 1.61. The summed E-state index contributed by atoms with van der Waals surface area (Å²) in [6.07, 6.45) is 0.696. The maximum absolute atomic E-state index is 6.39. The molecule has 3 nitrogen and oxygen atoms in total. The van der Waals surface area contributed by atoms with Gasteiger partial charge in [0.15, 0.2) is 0 Å². The fourth-order valence-corrected chi connectivity index (χ4v) is 4.70. The summed E-state index contributed by atoms with van der Waals surface area (Å²) in [6.45, 7) is 2.10. The van der Waals surface area contributed by atoms with E-state index in [-0.39, 0.29) is 12.3 Å². The molecule has 0 bridgehead atoms. The molecule has 130 valence electrons. The number of rotatable bonds is 2. The molecule has 2 aliphatic heterocycles. The molecule has 5 rings (SSSR count). The second-order valence-electron chi connectivity index (χ2n) is 6.69. The lowest BCUT2D eigenvalue weighted by Gasteiger charge is -2.38. The van der Waals surface area contributed by atoms with Crippen molar-refractivity contribution in [3.05, 3.63) is 86.0 Å². The van der Waals surface area contributed by atoms with Gasteiger partial charge < -0.3 is 4.74 Å². The Morgan fingerprint density at radius 2 is 2.00 bits per heavy atom. The molecule has 3 heterocycles. The van der Waals surface area contributed by atoms with E-state index < -0.39 is 0 Å². The van der Waals surface area contributed by atoms with E-state index in [0.717, 1.165) is 27.9 Å². The summed E-state index contributed by atoms with van der Waals surface area (Å²) in [4.78, 5) is 1.23. The van der Waals surface area contributed by atoms with E-state index >= 15 is 0 Å². The Hall–Kier alpha value is -2.11. The first-order valence-electron chi connectivity index (χ1n) is 8.61. The molecule has 5 heteroatoms. The molecular formula is C21H17BrN2OS. The fraction of sp³-hybridized carbons (Fsp3) is 0.190. The number of hydrogen-bond donors (Lipinski definition) is 0. The van der Waals surface area contributed by atoms with Crippen LogP contribution in [0.1, 0.15) is 40.3 Å². The van der Waals surface area contributed by atoms with E-state index in [9.17, 15) is 0 Å². The summed E-state index contributed by atoms with van der Waals surface area (Å²) in [5.74, 6) is 0.947. The second-order valence-corrected chi connectivity index (χ2v) is 8.55. The van der Waals surface area contributed by atoms with Gasteiger partial charge in [-0.05, 0) is 36.6 Å². The van der Waals surface area contributed by atoms with Gasteiger partial charge >= 0.3 is 0 Å². The van der Waals surface area contributed by atoms with Crippen LogP contribution >= 0.6 is 27.3 Å². The maximum atomic E-state index is 6.39. The molecule has 2 aromatic carbocycles. The molecule has 26 heavy (non-hydrogen) atoms. The van der Waals surface area contributed by atoms with Crippen molar-refractivity contribution in [1.29, 1.82) is 0 Å². The van der Waals surface area contributed by atoms with Crippen LogP contribution in [0, 0.1) is 6.92 Å². The van der Waals surface area contributed by atoms with E-state index in [2.05, 4.69) is 81.8 Å². The number of fused-ring (bicyclic) bond motifs is 3. The van der Waals surface area contributed by atoms with E-state index in [4.69, 9.17) is 9.84 Å². The third-order valence-corrected chi connectivity index (χ3v) is 6.33. The van der Waals surface area contributed by atoms with E-state index in [0.29, 0.717) is 0 Å². The molecule has 0 radical (unpaired) electrons. The zero-order valence-corrected chi connectivity index (χ0v) is 16.6. The van der Waals surface area contributed by atoms with Crippen molar-refractivity contribution in [3.8, 4) is 5.75 Å². The molecule has 0 saturated heterocycles. The first-order chi connectivity index (χ1) is 12.7. The van der Waals surface area contributed by atoms with Crippen molar-refractivity contribution in [1.82, 2.24) is 5.01 Å². The zero-order chi connectivity index (χ0) is 17.7. The molecule has 0 amide bonds. The summed E-state index contributed by atoms with van der Waals surface area (Å²) in [7, 11) is 0. The molecule has 2 atom stereocenters. The van der Waals surface area contributed by atoms with E-state index in [1.54, 1.807) is 11.3 Å². The lowest BCUT2D eigenvalue weighted by molar-refractivity contribution is -0.0190. The summed E-state index contributed by atoms with van der Waals surface area (Å²) < 4.78 is 7.46. The SMILES string of the molecule is Cc1ccc([C@@H]2Oc3ccc(Br)cc3[C@@H]3CC(c4cccs4)=NN32)cc1. The third-order valence-electron chi connectivity index (χ3n) is 4.92. The Morgan fingerprint density at radius 3 is 2.77 bits per heavy atom. The van der Waals surface area contributed by atoms with E-state index in [1.165, 1.54) is 16.0 Å². The zero-order valence-electron chi connectivity index (χ0n) is 14.2. The summed E-state index contributed by atoms with van der Waals surface area (Å²) in [5.41, 5.74) is 4.71. The van der Waals surface area contributed by atoms with Crippen LogP contribution in [0.4, 0.5) is 0 Å². The molecule has 0 aliphatic carbocycles. The number of halogens is 1. The van der Waals surface area contributed by atoms with Gasteiger partial charge in [-0.2, -0.15) is 5.10 Å². The van der Waals surface area contributed by atoms with Gasteiger partial charge in [-0.1, -0.05) is 51.8 Å². The van der Waals surface area contributed by atoms with Gasteiger partial charge in [-0.25, -0.2) is 5.01 Å². The lowest BCUT2D eigenvalue weighted by Crippen LogP contribution is -2.33. The molecule has 2 aliphatic rings. The van der Waals surface area contributed by atoms with Crippen LogP contribution in [-0.4, -0.2) is 10.7 Å². The highest BCUT2D eigenvalue weighted by Crippen LogP contribution is 2.48. The topological polar surface area (TPSA) is 24.8 Å². The first kappa shape index (κ1) is 16.1. The molecule has 0 fully saturated rings. The van der Waals surface area contributed by atoms with Gasteiger partial charge in [0.2, 0.25) is 6.23 Å². The fourth-order valence-electron chi connectivity index (χ4n) is 3.60. The van der Waals surface area contributed by atoms with Gasteiger partial charge in [0, 0.05) is 22.0 Å². The smallest absolute Gasteiger partial charge is 0.213 e. The van der Waals surface area contributed by atoms with Crippen molar-refractivity contribution in [2.24, 2.45) is 5.10 Å². The minimum absolute atomic E-state index is 0.194. The minimum atomic E-state index is -0.202. The molecule has 0 unspecified atom stereocenters. The van der Waals surface area contributed by atoms with Gasteiger partial charge in [-0.3, -0.25) is 0 Å². The Labute approximate surface area is 165 Å². The molecule has 3 aromatic rings. The molecule has 0 saturated carbocycles. The molecule has 0 N–H and O–H groups in total. The number of nitrogens with zero attached hydrogens (tertiary/aromatic N) is 2. The van der Waals surface area contributed by atoms with Crippen molar-refractivity contribution in [3.63, 3.8) is 0 Å². The van der Waals surface area contributed by atoms with Crippen LogP contribution in [0.2, 0.25) is 0 Å². The van der Waals surface area contributed by atoms with Crippen molar-refractivity contribution in [2.75, 3.05) is 0 Å². The Kier molecular flexibility index (Phi) is 3.87. The number of ether oxygens (including phenoxy) is 1. The van der Waals surface area contributed by atoms with Gasteiger partial charge in [0.05, 0.1) is 16.6 Å². The average Bonchev–Trinajstić information content (AvgIpc) is 3.32. The van der Waals surface area contributed by atoms with Gasteiger partial charge in [0.25, 0.3) is 0 Å². The number of benzene rings is 2. The maximum Gasteiger partial charge on any atom is 0.213 e. The third kappa shape index (κ3) is 2.66. The first-order valence-corrected chi connectivity index (χ1v) is 10.3. The minimum Gasteiger partial charge on any atom is -0.464 e. The largest absolute Gasteiger partial charge is 0.464 e. The number of hydrazone groups is 1. The highest BCUT2D eigenvalue weighted by atomic mass is 79.9. The molecular weight excluding hydrogens is 408 g/mol. The van der Waals surface area contributed by atoms with Crippen molar-refractivity contribution < 1.29 is 4.74 Å². The van der Waals surface area contributed by atoms with Crippen LogP contribution < -0.4 is 4.74 Å². The normalized spacial score (nSPS) is 21.0. The number of hydrogen-bond acceptors (Lipinski definition) is 4. The Morgan fingerprint density at radius 1 is 1.15 bits per heavy atom. The molecule has 0 spiro atoms. The summed E-state index contributed by atoms with van der Waals surface area (Å²) in [6, 6.07) is 19.2. The Bertz CT molecular complexity index is 982. The van der Waals surface area contributed by atoms with E-state index in [1.807, 2.05) is 6.07 Å². The summed E-state index contributed by atoms with van der Waals surface area (Å²) in [5, 5.41) is 9.22. The van der Waals surface area contributed by atoms with Crippen LogP contribution in [0.3, 0.4) is 0 Å². The average molecular weight is 425 g/mol. The highest BCUT2D eigenvalue weighted by molar-refractivity contribution is 9.10. The predicted octanol–water partition coefficient (Wildman–Crippen LogP) is 6.06. The van der Waals surface area contributed by atoms with Crippen LogP contribution in [0.25, 0.3) is 0 Å². The quantitative estimate of drug-likeness (QED) is 0.499.